The van der Waals surface area contributed by atoms with Crippen molar-refractivity contribution in [3.05, 3.63) is 18.3 Å². The zero-order valence-electron chi connectivity index (χ0n) is 11.0. The van der Waals surface area contributed by atoms with Crippen molar-refractivity contribution in [1.29, 1.82) is 0 Å². The molecule has 1 saturated carbocycles. The molecule has 0 aromatic carbocycles. The van der Waals surface area contributed by atoms with Crippen LogP contribution in [0.25, 0.3) is 0 Å². The molecule has 0 atom stereocenters. The van der Waals surface area contributed by atoms with Crippen LogP contribution < -0.4 is 10.5 Å². The van der Waals surface area contributed by atoms with Gasteiger partial charge in [-0.1, -0.05) is 25.7 Å². The average Bonchev–Trinajstić information content (AvgIpc) is 2.88. The van der Waals surface area contributed by atoms with Crippen LogP contribution in [0, 0.1) is 5.92 Å². The highest BCUT2D eigenvalue weighted by atomic mass is 32.2. The third-order valence-electron chi connectivity index (χ3n) is 3.63. The zero-order valence-corrected chi connectivity index (χ0v) is 11.8. The summed E-state index contributed by atoms with van der Waals surface area (Å²) in [5, 5.41) is 0. The number of nitrogens with zero attached hydrogens (tertiary/aromatic N) is 1. The molecule has 1 heterocycles. The van der Waals surface area contributed by atoms with Crippen molar-refractivity contribution in [2.75, 3.05) is 12.3 Å². The van der Waals surface area contributed by atoms with E-state index in [1.807, 2.05) is 0 Å². The Hall–Kier alpha value is -1.14. The Morgan fingerprint density at radius 1 is 1.32 bits per heavy atom. The first-order chi connectivity index (χ1) is 9.08. The zero-order chi connectivity index (χ0) is 13.7. The fraction of sp³-hybridized carbons (Fsp3) is 0.615. The molecule has 19 heavy (non-hydrogen) atoms. The number of rotatable bonds is 6. The molecule has 0 amide bonds. The van der Waals surface area contributed by atoms with Crippen LogP contribution in [-0.2, 0) is 10.0 Å². The number of aromatic nitrogens is 1. The van der Waals surface area contributed by atoms with E-state index in [0.717, 1.165) is 18.8 Å². The van der Waals surface area contributed by atoms with Crippen molar-refractivity contribution >= 4 is 15.8 Å². The van der Waals surface area contributed by atoms with Gasteiger partial charge in [0.2, 0.25) is 10.0 Å². The maximum absolute atomic E-state index is 11.9. The smallest absolute Gasteiger partial charge is 0.242 e. The van der Waals surface area contributed by atoms with Crippen molar-refractivity contribution < 1.29 is 8.42 Å². The van der Waals surface area contributed by atoms with E-state index in [0.29, 0.717) is 12.4 Å². The third kappa shape index (κ3) is 4.18. The number of pyridine rings is 1. The molecule has 5 nitrogen and oxygen atoms in total. The Morgan fingerprint density at radius 2 is 2.05 bits per heavy atom. The molecule has 2 rings (SSSR count). The van der Waals surface area contributed by atoms with E-state index in [9.17, 15) is 8.42 Å². The standard InChI is InChI=1S/C13H21N3O2S/c14-13-8-7-12(10-15-13)19(17,18)16-9-3-6-11-4-1-2-5-11/h7-8,10-11,16H,1-6,9H2,(H2,14,15). The van der Waals surface area contributed by atoms with E-state index in [-0.39, 0.29) is 4.90 Å². The number of hydrogen-bond acceptors (Lipinski definition) is 4. The molecule has 0 unspecified atom stereocenters. The molecule has 0 saturated heterocycles. The van der Waals surface area contributed by atoms with Crippen molar-refractivity contribution in [3.63, 3.8) is 0 Å². The van der Waals surface area contributed by atoms with Crippen LogP contribution in [0.4, 0.5) is 5.82 Å². The molecular formula is C13H21N3O2S. The van der Waals surface area contributed by atoms with Gasteiger partial charge in [0, 0.05) is 12.7 Å². The number of nitrogens with one attached hydrogen (secondary N) is 1. The Morgan fingerprint density at radius 3 is 2.68 bits per heavy atom. The molecule has 6 heteroatoms. The summed E-state index contributed by atoms with van der Waals surface area (Å²) in [6.45, 7) is 0.489. The van der Waals surface area contributed by atoms with Crippen LogP contribution >= 0.6 is 0 Å². The summed E-state index contributed by atoms with van der Waals surface area (Å²) in [6, 6.07) is 2.97. The van der Waals surface area contributed by atoms with Gasteiger partial charge < -0.3 is 5.73 Å². The van der Waals surface area contributed by atoms with E-state index in [2.05, 4.69) is 9.71 Å². The van der Waals surface area contributed by atoms with Gasteiger partial charge >= 0.3 is 0 Å². The molecule has 1 fully saturated rings. The van der Waals surface area contributed by atoms with Gasteiger partial charge in [0.05, 0.1) is 0 Å². The molecule has 0 aliphatic heterocycles. The van der Waals surface area contributed by atoms with Gasteiger partial charge in [-0.05, 0) is 30.9 Å². The Kier molecular flexibility index (Phi) is 4.76. The van der Waals surface area contributed by atoms with Crippen LogP contribution in [-0.4, -0.2) is 19.9 Å². The van der Waals surface area contributed by atoms with E-state index in [1.54, 1.807) is 0 Å². The second-order valence-electron chi connectivity index (χ2n) is 5.11. The van der Waals surface area contributed by atoms with E-state index >= 15 is 0 Å². The summed E-state index contributed by atoms with van der Waals surface area (Å²) in [5.41, 5.74) is 5.44. The molecule has 0 radical (unpaired) electrons. The van der Waals surface area contributed by atoms with Crippen molar-refractivity contribution in [2.24, 2.45) is 5.92 Å². The monoisotopic (exact) mass is 283 g/mol. The molecule has 0 spiro atoms. The summed E-state index contributed by atoms with van der Waals surface area (Å²) >= 11 is 0. The summed E-state index contributed by atoms with van der Waals surface area (Å²) in [6.07, 6.45) is 8.55. The van der Waals surface area contributed by atoms with E-state index in [1.165, 1.54) is 44.0 Å². The highest BCUT2D eigenvalue weighted by Crippen LogP contribution is 2.28. The van der Waals surface area contributed by atoms with Gasteiger partial charge in [-0.25, -0.2) is 18.1 Å². The Labute approximate surface area is 114 Å². The van der Waals surface area contributed by atoms with Crippen molar-refractivity contribution in [3.8, 4) is 0 Å². The van der Waals surface area contributed by atoms with Crippen LogP contribution in [0.1, 0.15) is 38.5 Å². The van der Waals surface area contributed by atoms with E-state index < -0.39 is 10.0 Å². The lowest BCUT2D eigenvalue weighted by Gasteiger charge is -2.09. The van der Waals surface area contributed by atoms with Crippen LogP contribution in [0.5, 0.6) is 0 Å². The molecule has 0 bridgehead atoms. The summed E-state index contributed by atoms with van der Waals surface area (Å²) in [4.78, 5) is 3.96. The number of nitrogens with two attached hydrogens (primary N) is 1. The van der Waals surface area contributed by atoms with Crippen molar-refractivity contribution in [1.82, 2.24) is 9.71 Å². The molecule has 1 aliphatic carbocycles. The highest BCUT2D eigenvalue weighted by Gasteiger charge is 2.16. The topological polar surface area (TPSA) is 85.1 Å². The van der Waals surface area contributed by atoms with Gasteiger partial charge in [-0.15, -0.1) is 0 Å². The quantitative estimate of drug-likeness (QED) is 0.781. The second kappa shape index (κ2) is 6.34. The van der Waals surface area contributed by atoms with Crippen LogP contribution in [0.2, 0.25) is 0 Å². The second-order valence-corrected chi connectivity index (χ2v) is 6.88. The summed E-state index contributed by atoms with van der Waals surface area (Å²) < 4.78 is 26.5. The maximum Gasteiger partial charge on any atom is 0.242 e. The first-order valence-corrected chi connectivity index (χ1v) is 8.27. The highest BCUT2D eigenvalue weighted by molar-refractivity contribution is 7.89. The van der Waals surface area contributed by atoms with Crippen LogP contribution in [0.3, 0.4) is 0 Å². The largest absolute Gasteiger partial charge is 0.384 e. The Bertz CT molecular complexity index is 493. The van der Waals surface area contributed by atoms with Gasteiger partial charge in [0.25, 0.3) is 0 Å². The molecule has 1 aromatic rings. The predicted octanol–water partition coefficient (Wildman–Crippen LogP) is 1.91. The lowest BCUT2D eigenvalue weighted by atomic mass is 10.0. The van der Waals surface area contributed by atoms with Gasteiger partial charge in [0.1, 0.15) is 10.7 Å². The maximum atomic E-state index is 11.9. The summed E-state index contributed by atoms with van der Waals surface area (Å²) in [5.74, 6) is 1.11. The number of sulfonamides is 1. The molecule has 106 valence electrons. The van der Waals surface area contributed by atoms with Crippen molar-refractivity contribution in [2.45, 2.75) is 43.4 Å². The first-order valence-electron chi connectivity index (χ1n) is 6.79. The Balaban J connectivity index is 1.79. The molecule has 1 aromatic heterocycles. The molecule has 1 aliphatic rings. The fourth-order valence-corrected chi connectivity index (χ4v) is 3.55. The number of hydrogen-bond donors (Lipinski definition) is 2. The average molecular weight is 283 g/mol. The van der Waals surface area contributed by atoms with E-state index in [4.69, 9.17) is 5.73 Å². The minimum atomic E-state index is -3.44. The lowest BCUT2D eigenvalue weighted by molar-refractivity contribution is 0.480. The minimum Gasteiger partial charge on any atom is -0.384 e. The third-order valence-corrected chi connectivity index (χ3v) is 5.07. The first kappa shape index (κ1) is 14.3. The predicted molar refractivity (Wildman–Crippen MR) is 75.0 cm³/mol. The normalized spacial score (nSPS) is 16.8. The lowest BCUT2D eigenvalue weighted by Crippen LogP contribution is -2.25. The number of anilines is 1. The number of nitrogen functional groups attached to an aromatic ring is 1. The van der Waals surface area contributed by atoms with Gasteiger partial charge in [0.15, 0.2) is 0 Å². The SMILES string of the molecule is Nc1ccc(S(=O)(=O)NCCCC2CCCC2)cn1. The molecule has 3 N–H and O–H groups in total. The van der Waals surface area contributed by atoms with Crippen LogP contribution in [0.15, 0.2) is 23.2 Å². The molecular weight excluding hydrogens is 262 g/mol. The van der Waals surface area contributed by atoms with Gasteiger partial charge in [-0.3, -0.25) is 0 Å². The minimum absolute atomic E-state index is 0.169. The fourth-order valence-electron chi connectivity index (χ4n) is 2.53. The van der Waals surface area contributed by atoms with Gasteiger partial charge in [-0.2, -0.15) is 0 Å². The summed E-state index contributed by atoms with van der Waals surface area (Å²) in [7, 11) is -3.44.